The van der Waals surface area contributed by atoms with Gasteiger partial charge in [0.15, 0.2) is 0 Å². The number of amides is 2. The van der Waals surface area contributed by atoms with Gasteiger partial charge in [-0.2, -0.15) is 0 Å². The van der Waals surface area contributed by atoms with Gasteiger partial charge in [0.1, 0.15) is 6.04 Å². The molecule has 0 aliphatic rings. The molecule has 0 heterocycles. The minimum atomic E-state index is -3.58. The molecule has 0 unspecified atom stereocenters. The lowest BCUT2D eigenvalue weighted by atomic mass is 10.0. The zero-order chi connectivity index (χ0) is 17.8. The summed E-state index contributed by atoms with van der Waals surface area (Å²) < 4.78 is 25.3. The summed E-state index contributed by atoms with van der Waals surface area (Å²) in [7, 11) is -0.705. The summed E-state index contributed by atoms with van der Waals surface area (Å²) in [5, 5.41) is 5.23. The molecule has 0 radical (unpaired) electrons. The summed E-state index contributed by atoms with van der Waals surface area (Å²) in [6.07, 6.45) is 0. The molecule has 1 aromatic rings. The van der Waals surface area contributed by atoms with E-state index in [-0.39, 0.29) is 16.7 Å². The van der Waals surface area contributed by atoms with E-state index in [2.05, 4.69) is 10.6 Å². The van der Waals surface area contributed by atoms with Crippen molar-refractivity contribution < 1.29 is 18.0 Å². The summed E-state index contributed by atoms with van der Waals surface area (Å²) in [5.74, 6) is -0.801. The van der Waals surface area contributed by atoms with Gasteiger partial charge >= 0.3 is 0 Å². The number of anilines is 1. The number of nitrogens with one attached hydrogen (secondary N) is 2. The average molecular weight is 341 g/mol. The van der Waals surface area contributed by atoms with E-state index in [4.69, 9.17) is 0 Å². The predicted octanol–water partition coefficient (Wildman–Crippen LogP) is 1.04. The van der Waals surface area contributed by atoms with Crippen molar-refractivity contribution in [2.45, 2.75) is 31.7 Å². The molecule has 23 heavy (non-hydrogen) atoms. The smallest absolute Gasteiger partial charge is 0.247 e. The molecule has 128 valence electrons. The first-order valence-corrected chi connectivity index (χ1v) is 8.60. The minimum absolute atomic E-state index is 0.0842. The maximum Gasteiger partial charge on any atom is 0.247 e. The monoisotopic (exact) mass is 341 g/mol. The summed E-state index contributed by atoms with van der Waals surface area (Å²) >= 11 is 0. The molecule has 0 aromatic heterocycles. The Morgan fingerprint density at radius 2 is 1.78 bits per heavy atom. The van der Waals surface area contributed by atoms with Gasteiger partial charge in [-0.15, -0.1) is 0 Å². The summed E-state index contributed by atoms with van der Waals surface area (Å²) in [6.45, 7) is 4.97. The zero-order valence-corrected chi connectivity index (χ0v) is 14.8. The minimum Gasteiger partial charge on any atom is -0.344 e. The quantitative estimate of drug-likeness (QED) is 0.808. The molecule has 0 bridgehead atoms. The van der Waals surface area contributed by atoms with E-state index in [9.17, 15) is 18.0 Å². The summed E-state index contributed by atoms with van der Waals surface area (Å²) in [5.41, 5.74) is 0.355. The first-order chi connectivity index (χ1) is 10.6. The van der Waals surface area contributed by atoms with Crippen LogP contribution >= 0.6 is 0 Å². The van der Waals surface area contributed by atoms with E-state index in [0.717, 1.165) is 4.31 Å². The van der Waals surface area contributed by atoms with Crippen LogP contribution in [0.1, 0.15) is 20.8 Å². The Labute approximate surface area is 137 Å². The van der Waals surface area contributed by atoms with Crippen LogP contribution in [-0.2, 0) is 19.6 Å². The maximum absolute atomic E-state index is 12.3. The second kappa shape index (κ2) is 7.56. The highest BCUT2D eigenvalue weighted by Crippen LogP contribution is 2.18. The van der Waals surface area contributed by atoms with Gasteiger partial charge in [0.05, 0.1) is 4.90 Å². The van der Waals surface area contributed by atoms with Crippen molar-refractivity contribution in [3.05, 3.63) is 24.3 Å². The summed E-state index contributed by atoms with van der Waals surface area (Å²) in [4.78, 5) is 23.6. The van der Waals surface area contributed by atoms with Gasteiger partial charge in [0, 0.05) is 26.7 Å². The lowest BCUT2D eigenvalue weighted by molar-refractivity contribution is -0.126. The lowest BCUT2D eigenvalue weighted by Gasteiger charge is -2.21. The van der Waals surface area contributed by atoms with E-state index < -0.39 is 22.0 Å². The molecule has 1 aromatic carbocycles. The van der Waals surface area contributed by atoms with E-state index in [1.54, 1.807) is 12.1 Å². The molecular formula is C15H23N3O4S. The third-order valence-electron chi connectivity index (χ3n) is 3.19. The molecule has 2 amide bonds. The molecule has 0 aliphatic heterocycles. The Kier molecular flexibility index (Phi) is 6.28. The second-order valence-electron chi connectivity index (χ2n) is 5.73. The van der Waals surface area contributed by atoms with Gasteiger partial charge in [-0.05, 0) is 24.1 Å². The fraction of sp³-hybridized carbons (Fsp3) is 0.467. The fourth-order valence-corrected chi connectivity index (χ4v) is 2.87. The van der Waals surface area contributed by atoms with E-state index in [1.807, 2.05) is 13.8 Å². The Hall–Kier alpha value is -1.93. The van der Waals surface area contributed by atoms with Gasteiger partial charge in [0.25, 0.3) is 0 Å². The van der Waals surface area contributed by atoms with Crippen molar-refractivity contribution in [3.63, 3.8) is 0 Å². The highest BCUT2D eigenvalue weighted by Gasteiger charge is 2.24. The van der Waals surface area contributed by atoms with Crippen molar-refractivity contribution in [1.29, 1.82) is 0 Å². The summed E-state index contributed by atoms with van der Waals surface area (Å²) in [6, 6.07) is 5.30. The highest BCUT2D eigenvalue weighted by molar-refractivity contribution is 7.89. The largest absolute Gasteiger partial charge is 0.344 e. The Balaban J connectivity index is 3.01. The van der Waals surface area contributed by atoms with Crippen LogP contribution in [0.3, 0.4) is 0 Å². The Morgan fingerprint density at radius 3 is 2.26 bits per heavy atom. The van der Waals surface area contributed by atoms with Gasteiger partial charge < -0.3 is 10.6 Å². The normalized spacial score (nSPS) is 13.0. The average Bonchev–Trinajstić information content (AvgIpc) is 2.44. The Morgan fingerprint density at radius 1 is 1.17 bits per heavy atom. The first kappa shape index (κ1) is 19.1. The van der Waals surface area contributed by atoms with Crippen LogP contribution < -0.4 is 10.6 Å². The number of carbonyl (C=O) groups excluding carboxylic acids is 2. The van der Waals surface area contributed by atoms with Crippen LogP contribution in [0.4, 0.5) is 5.69 Å². The first-order valence-electron chi connectivity index (χ1n) is 7.16. The number of hydrogen-bond acceptors (Lipinski definition) is 4. The van der Waals surface area contributed by atoms with Crippen molar-refractivity contribution >= 4 is 27.5 Å². The Bertz CT molecular complexity index is 684. The van der Waals surface area contributed by atoms with Crippen LogP contribution in [0.2, 0.25) is 0 Å². The fourth-order valence-electron chi connectivity index (χ4n) is 1.92. The highest BCUT2D eigenvalue weighted by atomic mass is 32.2. The van der Waals surface area contributed by atoms with Crippen molar-refractivity contribution in [2.24, 2.45) is 5.92 Å². The number of carbonyl (C=O) groups is 2. The second-order valence-corrected chi connectivity index (χ2v) is 7.88. The van der Waals surface area contributed by atoms with Crippen molar-refractivity contribution in [1.82, 2.24) is 9.62 Å². The van der Waals surface area contributed by atoms with Crippen molar-refractivity contribution in [3.8, 4) is 0 Å². The molecule has 0 saturated carbocycles. The molecule has 0 saturated heterocycles. The van der Waals surface area contributed by atoms with Crippen LogP contribution in [0.5, 0.6) is 0 Å². The third kappa shape index (κ3) is 5.04. The van der Waals surface area contributed by atoms with Crippen LogP contribution in [-0.4, -0.2) is 44.7 Å². The lowest BCUT2D eigenvalue weighted by Crippen LogP contribution is -2.46. The van der Waals surface area contributed by atoms with Crippen molar-refractivity contribution in [2.75, 3.05) is 19.4 Å². The zero-order valence-electron chi connectivity index (χ0n) is 14.0. The van der Waals surface area contributed by atoms with E-state index >= 15 is 0 Å². The molecule has 0 aliphatic carbocycles. The number of hydrogen-bond donors (Lipinski definition) is 2. The molecule has 2 N–H and O–H groups in total. The molecule has 8 heteroatoms. The SMILES string of the molecule is CC(=O)N[C@@H](C(=O)Nc1cccc(S(=O)(=O)N(C)C)c1)C(C)C. The van der Waals surface area contributed by atoms with E-state index in [0.29, 0.717) is 5.69 Å². The van der Waals surface area contributed by atoms with Crippen LogP contribution in [0.25, 0.3) is 0 Å². The van der Waals surface area contributed by atoms with Gasteiger partial charge in [0.2, 0.25) is 21.8 Å². The molecule has 7 nitrogen and oxygen atoms in total. The van der Waals surface area contributed by atoms with Gasteiger partial charge in [-0.1, -0.05) is 19.9 Å². The standard InChI is InChI=1S/C15H23N3O4S/c1-10(2)14(16-11(3)19)15(20)17-12-7-6-8-13(9-12)23(21,22)18(4)5/h6-10,14H,1-5H3,(H,16,19)(H,17,20)/t14-/m1/s1. The van der Waals surface area contributed by atoms with Crippen LogP contribution in [0.15, 0.2) is 29.2 Å². The topological polar surface area (TPSA) is 95.6 Å². The molecule has 1 atom stereocenters. The molecular weight excluding hydrogens is 318 g/mol. The number of benzene rings is 1. The third-order valence-corrected chi connectivity index (χ3v) is 5.00. The molecule has 0 fully saturated rings. The van der Waals surface area contributed by atoms with Gasteiger partial charge in [-0.3, -0.25) is 9.59 Å². The van der Waals surface area contributed by atoms with E-state index in [1.165, 1.54) is 33.2 Å². The molecule has 0 spiro atoms. The predicted molar refractivity (Wildman–Crippen MR) is 88.4 cm³/mol. The number of rotatable bonds is 6. The molecule has 1 rings (SSSR count). The maximum atomic E-state index is 12.3. The van der Waals surface area contributed by atoms with Gasteiger partial charge in [-0.25, -0.2) is 12.7 Å². The van der Waals surface area contributed by atoms with Crippen LogP contribution in [0, 0.1) is 5.92 Å². The number of nitrogens with zero attached hydrogens (tertiary/aromatic N) is 1. The number of sulfonamides is 1.